The lowest BCUT2D eigenvalue weighted by atomic mass is 9.49. The molecule has 4 rings (SSSR count). The van der Waals surface area contributed by atoms with Crippen molar-refractivity contribution in [2.75, 3.05) is 0 Å². The molecule has 4 aliphatic carbocycles. The van der Waals surface area contributed by atoms with Crippen LogP contribution in [-0.4, -0.2) is 22.4 Å². The van der Waals surface area contributed by atoms with Gasteiger partial charge in [0.1, 0.15) is 0 Å². The zero-order valence-electron chi connectivity index (χ0n) is 19.5. The molecule has 0 aliphatic heterocycles. The summed E-state index contributed by atoms with van der Waals surface area (Å²) < 4.78 is 0. The van der Waals surface area contributed by atoms with Crippen LogP contribution in [0, 0.1) is 40.4 Å². The number of aliphatic hydroxyl groups excluding tert-OH is 2. The van der Waals surface area contributed by atoms with Crippen molar-refractivity contribution < 1.29 is 10.2 Å². The minimum absolute atomic E-state index is 0.161. The molecule has 0 heterocycles. The molecular weight excluding hydrogens is 356 g/mol. The topological polar surface area (TPSA) is 40.5 Å². The van der Waals surface area contributed by atoms with Crippen molar-refractivity contribution in [1.29, 1.82) is 0 Å². The van der Waals surface area contributed by atoms with E-state index in [1.54, 1.807) is 5.57 Å². The van der Waals surface area contributed by atoms with Crippen LogP contribution in [0.15, 0.2) is 23.3 Å². The molecule has 3 saturated carbocycles. The van der Waals surface area contributed by atoms with Gasteiger partial charge in [-0.1, -0.05) is 77.2 Å². The van der Waals surface area contributed by atoms with Crippen LogP contribution in [0.2, 0.25) is 0 Å². The zero-order chi connectivity index (χ0) is 21.0. The third kappa shape index (κ3) is 3.47. The van der Waals surface area contributed by atoms with E-state index in [4.69, 9.17) is 0 Å². The second kappa shape index (κ2) is 7.83. The Morgan fingerprint density at radius 2 is 1.76 bits per heavy atom. The molecule has 4 aliphatic rings. The van der Waals surface area contributed by atoms with Gasteiger partial charge in [0.15, 0.2) is 0 Å². The van der Waals surface area contributed by atoms with Crippen LogP contribution in [0.25, 0.3) is 0 Å². The second-order valence-corrected chi connectivity index (χ2v) is 11.9. The van der Waals surface area contributed by atoms with Crippen LogP contribution >= 0.6 is 0 Å². The third-order valence-corrected chi connectivity index (χ3v) is 9.85. The Morgan fingerprint density at radius 3 is 2.48 bits per heavy atom. The summed E-state index contributed by atoms with van der Waals surface area (Å²) in [6.07, 6.45) is 14.5. The summed E-state index contributed by atoms with van der Waals surface area (Å²) in [5, 5.41) is 21.2. The smallest absolute Gasteiger partial charge is 0.0661 e. The minimum Gasteiger partial charge on any atom is -0.393 e. The van der Waals surface area contributed by atoms with E-state index < -0.39 is 6.10 Å². The number of hydrogen-bond acceptors (Lipinski definition) is 2. The van der Waals surface area contributed by atoms with Gasteiger partial charge in [0.2, 0.25) is 0 Å². The Labute approximate surface area is 178 Å². The van der Waals surface area contributed by atoms with E-state index in [1.165, 1.54) is 50.5 Å². The van der Waals surface area contributed by atoms with Gasteiger partial charge < -0.3 is 10.2 Å². The number of aliphatic hydroxyl groups is 2. The molecule has 2 N–H and O–H groups in total. The van der Waals surface area contributed by atoms with E-state index in [-0.39, 0.29) is 11.5 Å². The van der Waals surface area contributed by atoms with Gasteiger partial charge in [0.05, 0.1) is 12.2 Å². The first-order valence-electron chi connectivity index (χ1n) is 12.4. The molecule has 0 amide bonds. The lowest BCUT2D eigenvalue weighted by Gasteiger charge is -2.56. The zero-order valence-corrected chi connectivity index (χ0v) is 19.5. The highest BCUT2D eigenvalue weighted by molar-refractivity contribution is 5.40. The molecule has 2 nitrogen and oxygen atoms in total. The summed E-state index contributed by atoms with van der Waals surface area (Å²) >= 11 is 0. The van der Waals surface area contributed by atoms with Gasteiger partial charge in [-0.3, -0.25) is 0 Å². The van der Waals surface area contributed by atoms with E-state index in [9.17, 15) is 10.2 Å². The Hall–Kier alpha value is -0.600. The standard InChI is InChI=1S/C27H44O2/c1-17(2)7-6-8-18(3)22-11-12-23-21-10-9-19-15-20(28)16-25(29)27(19,5)24(21)13-14-26(22,23)4/h9-10,17-18,20,22-25,28-29H,6-8,11-16H2,1-5H3. The molecule has 0 saturated heterocycles. The molecule has 8 atom stereocenters. The fourth-order valence-corrected chi connectivity index (χ4v) is 8.07. The fraction of sp³-hybridized carbons (Fsp3) is 0.852. The average Bonchev–Trinajstić information content (AvgIpc) is 3.00. The molecule has 0 radical (unpaired) electrons. The molecule has 164 valence electrons. The minimum atomic E-state index is -0.414. The highest BCUT2D eigenvalue weighted by atomic mass is 16.3. The van der Waals surface area contributed by atoms with Crippen molar-refractivity contribution in [1.82, 2.24) is 0 Å². The monoisotopic (exact) mass is 400 g/mol. The highest BCUT2D eigenvalue weighted by Gasteiger charge is 2.58. The maximum atomic E-state index is 11.0. The number of hydrogen-bond donors (Lipinski definition) is 2. The second-order valence-electron chi connectivity index (χ2n) is 11.9. The Bertz CT molecular complexity index is 676. The van der Waals surface area contributed by atoms with Crippen molar-refractivity contribution in [3.63, 3.8) is 0 Å². The number of allylic oxidation sites excluding steroid dienone is 3. The first-order valence-corrected chi connectivity index (χ1v) is 12.4. The molecule has 8 unspecified atom stereocenters. The lowest BCUT2D eigenvalue weighted by Crippen LogP contribution is -2.52. The quantitative estimate of drug-likeness (QED) is 0.570. The lowest BCUT2D eigenvalue weighted by molar-refractivity contribution is -0.0544. The molecule has 0 bridgehead atoms. The van der Waals surface area contributed by atoms with E-state index in [0.29, 0.717) is 23.7 Å². The third-order valence-electron chi connectivity index (χ3n) is 9.85. The molecule has 0 aromatic rings. The maximum absolute atomic E-state index is 11.0. The number of rotatable bonds is 5. The molecule has 29 heavy (non-hydrogen) atoms. The van der Waals surface area contributed by atoms with E-state index in [1.807, 2.05) is 0 Å². The van der Waals surface area contributed by atoms with E-state index in [0.717, 1.165) is 24.2 Å². The largest absolute Gasteiger partial charge is 0.393 e. The van der Waals surface area contributed by atoms with Crippen LogP contribution in [-0.2, 0) is 0 Å². The Balaban J connectivity index is 1.55. The molecule has 0 spiro atoms. The van der Waals surface area contributed by atoms with Crippen LogP contribution in [0.3, 0.4) is 0 Å². The average molecular weight is 401 g/mol. The predicted octanol–water partition coefficient (Wildman–Crippen LogP) is 6.28. The van der Waals surface area contributed by atoms with Gasteiger partial charge in [0, 0.05) is 11.8 Å². The van der Waals surface area contributed by atoms with Crippen LogP contribution < -0.4 is 0 Å². The summed E-state index contributed by atoms with van der Waals surface area (Å²) in [5.41, 5.74) is 3.20. The first kappa shape index (κ1) is 21.6. The Kier molecular flexibility index (Phi) is 5.84. The molecule has 2 heteroatoms. The van der Waals surface area contributed by atoms with Gasteiger partial charge in [-0.15, -0.1) is 0 Å². The summed E-state index contributed by atoms with van der Waals surface area (Å²) in [6.45, 7) is 12.1. The first-order chi connectivity index (χ1) is 13.7. The summed E-state index contributed by atoms with van der Waals surface area (Å²) in [6, 6.07) is 0. The maximum Gasteiger partial charge on any atom is 0.0661 e. The van der Waals surface area contributed by atoms with E-state index >= 15 is 0 Å². The summed E-state index contributed by atoms with van der Waals surface area (Å²) in [4.78, 5) is 0. The number of fused-ring (bicyclic) bond motifs is 5. The van der Waals surface area contributed by atoms with Crippen molar-refractivity contribution >= 4 is 0 Å². The highest BCUT2D eigenvalue weighted by Crippen LogP contribution is 2.66. The molecular formula is C27H44O2. The van der Waals surface area contributed by atoms with Crippen LogP contribution in [0.4, 0.5) is 0 Å². The van der Waals surface area contributed by atoms with Gasteiger partial charge in [-0.25, -0.2) is 0 Å². The molecule has 3 fully saturated rings. The van der Waals surface area contributed by atoms with E-state index in [2.05, 4.69) is 46.8 Å². The summed E-state index contributed by atoms with van der Waals surface area (Å²) in [7, 11) is 0. The SMILES string of the molecule is CC(C)CCCC(C)C1CCC2C3=CC=C4CC(O)CC(O)C4(C)C3CCC21C. The fourth-order valence-electron chi connectivity index (χ4n) is 8.07. The van der Waals surface area contributed by atoms with Crippen LogP contribution in [0.1, 0.15) is 92.4 Å². The van der Waals surface area contributed by atoms with Gasteiger partial charge in [-0.05, 0) is 67.1 Å². The van der Waals surface area contributed by atoms with Crippen molar-refractivity contribution in [3.05, 3.63) is 23.3 Å². The molecule has 0 aromatic carbocycles. The van der Waals surface area contributed by atoms with Crippen molar-refractivity contribution in [2.45, 2.75) is 105 Å². The summed E-state index contributed by atoms with van der Waals surface area (Å²) in [5.74, 6) is 3.64. The Morgan fingerprint density at radius 1 is 1.00 bits per heavy atom. The van der Waals surface area contributed by atoms with Gasteiger partial charge >= 0.3 is 0 Å². The predicted molar refractivity (Wildman–Crippen MR) is 120 cm³/mol. The normalized spacial score (nSPS) is 45.2. The van der Waals surface area contributed by atoms with Crippen LogP contribution in [0.5, 0.6) is 0 Å². The van der Waals surface area contributed by atoms with Gasteiger partial charge in [-0.2, -0.15) is 0 Å². The van der Waals surface area contributed by atoms with Crippen molar-refractivity contribution in [3.8, 4) is 0 Å². The van der Waals surface area contributed by atoms with Gasteiger partial charge in [0.25, 0.3) is 0 Å². The van der Waals surface area contributed by atoms with Crippen molar-refractivity contribution in [2.24, 2.45) is 40.4 Å². The molecule has 0 aromatic heterocycles.